The average Bonchev–Trinajstić information content (AvgIpc) is 1.88. The molecule has 0 amide bonds. The van der Waals surface area contributed by atoms with Gasteiger partial charge >= 0.3 is 0 Å². The molecule has 0 saturated carbocycles. The highest BCUT2D eigenvalue weighted by atomic mass is 32.1. The van der Waals surface area contributed by atoms with Crippen LogP contribution in [0.4, 0.5) is 4.48 Å². The highest BCUT2D eigenvalue weighted by molar-refractivity contribution is 7.80. The van der Waals surface area contributed by atoms with Gasteiger partial charge < -0.3 is 5.73 Å². The van der Waals surface area contributed by atoms with Gasteiger partial charge in [-0.3, -0.25) is 0 Å². The first kappa shape index (κ1) is 9.62. The summed E-state index contributed by atoms with van der Waals surface area (Å²) in [6, 6.07) is 0. The third-order valence-electron chi connectivity index (χ3n) is 1.20. The molecule has 4 heteroatoms. The van der Waals surface area contributed by atoms with Gasteiger partial charge in [-0.05, 0) is 18.6 Å². The van der Waals surface area contributed by atoms with E-state index in [1.807, 2.05) is 0 Å². The van der Waals surface area contributed by atoms with Crippen molar-refractivity contribution in [2.75, 3.05) is 6.54 Å². The molecule has 10 heavy (non-hydrogen) atoms. The largest absolute Gasteiger partial charge is 0.374 e. The molecule has 0 aliphatic heterocycles. The van der Waals surface area contributed by atoms with Crippen molar-refractivity contribution in [3.63, 3.8) is 0 Å². The second-order valence-electron chi connectivity index (χ2n) is 2.13. The molecule has 0 aromatic heterocycles. The van der Waals surface area contributed by atoms with Crippen LogP contribution in [0.2, 0.25) is 0 Å². The van der Waals surface area contributed by atoms with Gasteiger partial charge in [0.1, 0.15) is 0 Å². The van der Waals surface area contributed by atoms with E-state index in [9.17, 15) is 4.48 Å². The molecule has 2 nitrogen and oxygen atoms in total. The number of nitrogens with zero attached hydrogens (tertiary/aromatic N) is 1. The van der Waals surface area contributed by atoms with Crippen LogP contribution in [-0.2, 0) is 0 Å². The van der Waals surface area contributed by atoms with Crippen molar-refractivity contribution in [2.24, 2.45) is 5.73 Å². The minimum Gasteiger partial charge on any atom is -0.374 e. The second kappa shape index (κ2) is 5.41. The summed E-state index contributed by atoms with van der Waals surface area (Å²) in [6.45, 7) is 2.38. The minimum absolute atomic E-state index is 0.170. The maximum absolute atomic E-state index is 12.4. The molecule has 0 saturated heterocycles. The maximum atomic E-state index is 12.4. The molecule has 0 rings (SSSR count). The summed E-state index contributed by atoms with van der Waals surface area (Å²) in [5.74, 6) is 0. The Morgan fingerprint density at radius 3 is 2.60 bits per heavy atom. The normalized spacial score (nSPS) is 9.40. The lowest BCUT2D eigenvalue weighted by atomic mass is 10.2. The Bertz CT molecular complexity index is 108. The van der Waals surface area contributed by atoms with Crippen LogP contribution < -0.4 is 5.73 Å². The van der Waals surface area contributed by atoms with Gasteiger partial charge in [-0.15, -0.1) is 0 Å². The van der Waals surface area contributed by atoms with E-state index in [2.05, 4.69) is 19.1 Å². The van der Waals surface area contributed by atoms with Gasteiger partial charge in [0.05, 0.1) is 6.54 Å². The van der Waals surface area contributed by atoms with Gasteiger partial charge in [-0.25, -0.2) is 0 Å². The second-order valence-corrected chi connectivity index (χ2v) is 2.55. The smallest absolute Gasteiger partial charge is 0.194 e. The zero-order valence-electron chi connectivity index (χ0n) is 6.14. The zero-order chi connectivity index (χ0) is 7.98. The van der Waals surface area contributed by atoms with Gasteiger partial charge in [0, 0.05) is 0 Å². The Morgan fingerprint density at radius 2 is 2.20 bits per heavy atom. The fourth-order valence-corrected chi connectivity index (χ4v) is 0.702. The number of hydrogen-bond donors (Lipinski definition) is 1. The monoisotopic (exact) mass is 164 g/mol. The highest BCUT2D eigenvalue weighted by Gasteiger charge is 2.01. The van der Waals surface area contributed by atoms with E-state index in [1.165, 1.54) is 0 Å². The molecule has 0 unspecified atom stereocenters. The standard InChI is InChI=1S/C6H13FN2S/c1-2-3-4-5-9(7)6(8)10/h2-5H2,1H3,(H2,8,10). The molecule has 0 bridgehead atoms. The van der Waals surface area contributed by atoms with Crippen molar-refractivity contribution in [2.45, 2.75) is 26.2 Å². The van der Waals surface area contributed by atoms with Gasteiger partial charge in [0.15, 0.2) is 5.11 Å². The number of halogens is 1. The van der Waals surface area contributed by atoms with Gasteiger partial charge in [-0.2, -0.15) is 5.12 Å². The Balaban J connectivity index is 3.21. The molecule has 0 aromatic rings. The van der Waals surface area contributed by atoms with E-state index in [-0.39, 0.29) is 5.11 Å². The van der Waals surface area contributed by atoms with Crippen LogP contribution >= 0.6 is 12.2 Å². The van der Waals surface area contributed by atoms with E-state index >= 15 is 0 Å². The molecule has 0 aliphatic carbocycles. The van der Waals surface area contributed by atoms with Crippen molar-refractivity contribution < 1.29 is 4.48 Å². The first-order chi connectivity index (χ1) is 4.68. The Labute approximate surface area is 66.1 Å². The third-order valence-corrected chi connectivity index (χ3v) is 1.40. The van der Waals surface area contributed by atoms with Gasteiger partial charge in [-0.1, -0.05) is 24.2 Å². The Hall–Kier alpha value is -0.380. The van der Waals surface area contributed by atoms with Crippen LogP contribution in [0.3, 0.4) is 0 Å². The fourth-order valence-electron chi connectivity index (χ4n) is 0.611. The summed E-state index contributed by atoms with van der Waals surface area (Å²) in [5, 5.41) is 0.237. The summed E-state index contributed by atoms with van der Waals surface area (Å²) in [4.78, 5) is 0. The van der Waals surface area contributed by atoms with Gasteiger partial charge in [0.25, 0.3) is 0 Å². The van der Waals surface area contributed by atoms with Crippen LogP contribution in [0.1, 0.15) is 26.2 Å². The summed E-state index contributed by atoms with van der Waals surface area (Å²) in [6.07, 6.45) is 2.90. The van der Waals surface area contributed by atoms with Crippen molar-refractivity contribution in [3.05, 3.63) is 0 Å². The van der Waals surface area contributed by atoms with Crippen molar-refractivity contribution >= 4 is 17.3 Å². The minimum atomic E-state index is -0.170. The lowest BCUT2D eigenvalue weighted by Crippen LogP contribution is -2.28. The van der Waals surface area contributed by atoms with Crippen LogP contribution in [0.5, 0.6) is 0 Å². The topological polar surface area (TPSA) is 29.3 Å². The number of thiocarbonyl (C=S) groups is 1. The first-order valence-electron chi connectivity index (χ1n) is 3.41. The molecule has 2 N–H and O–H groups in total. The van der Waals surface area contributed by atoms with Crippen molar-refractivity contribution in [3.8, 4) is 0 Å². The molecule has 0 radical (unpaired) electrons. The number of unbranched alkanes of at least 4 members (excludes halogenated alkanes) is 2. The lowest BCUT2D eigenvalue weighted by molar-refractivity contribution is 0.120. The van der Waals surface area contributed by atoms with Crippen LogP contribution in [0, 0.1) is 0 Å². The van der Waals surface area contributed by atoms with Crippen molar-refractivity contribution in [1.82, 2.24) is 5.12 Å². The molecular weight excluding hydrogens is 151 g/mol. The molecule has 60 valence electrons. The number of nitrogens with two attached hydrogens (primary N) is 1. The predicted molar refractivity (Wildman–Crippen MR) is 44.1 cm³/mol. The highest BCUT2D eigenvalue weighted by Crippen LogP contribution is 1.97. The Morgan fingerprint density at radius 1 is 1.60 bits per heavy atom. The third kappa shape index (κ3) is 4.49. The van der Waals surface area contributed by atoms with Crippen LogP contribution in [0.25, 0.3) is 0 Å². The van der Waals surface area contributed by atoms with E-state index in [0.717, 1.165) is 19.3 Å². The van der Waals surface area contributed by atoms with Crippen LogP contribution in [0.15, 0.2) is 0 Å². The van der Waals surface area contributed by atoms with E-state index < -0.39 is 0 Å². The molecular formula is C6H13FN2S. The summed E-state index contributed by atoms with van der Waals surface area (Å²) < 4.78 is 12.4. The number of rotatable bonds is 4. The van der Waals surface area contributed by atoms with Crippen molar-refractivity contribution in [1.29, 1.82) is 0 Å². The Kier molecular flexibility index (Phi) is 5.20. The quantitative estimate of drug-likeness (QED) is 0.389. The molecule has 0 spiro atoms. The molecule has 0 aromatic carbocycles. The summed E-state index contributed by atoms with van der Waals surface area (Å²) in [7, 11) is 0. The summed E-state index contributed by atoms with van der Waals surface area (Å²) >= 11 is 4.40. The first-order valence-corrected chi connectivity index (χ1v) is 3.82. The number of hydrogen-bond acceptors (Lipinski definition) is 1. The fraction of sp³-hybridized carbons (Fsp3) is 0.833. The van der Waals surface area contributed by atoms with E-state index in [4.69, 9.17) is 5.73 Å². The lowest BCUT2D eigenvalue weighted by Gasteiger charge is -2.09. The van der Waals surface area contributed by atoms with E-state index in [0.29, 0.717) is 11.7 Å². The SMILES string of the molecule is CCCCCN(F)C(N)=S. The zero-order valence-corrected chi connectivity index (χ0v) is 6.96. The maximum Gasteiger partial charge on any atom is 0.194 e. The predicted octanol–water partition coefficient (Wildman–Crippen LogP) is 1.61. The average molecular weight is 164 g/mol. The molecule has 0 heterocycles. The van der Waals surface area contributed by atoms with Crippen LogP contribution in [-0.4, -0.2) is 16.8 Å². The molecule has 0 atom stereocenters. The summed E-state index contributed by atoms with van der Waals surface area (Å²) in [5.41, 5.74) is 5.00. The molecule has 0 fully saturated rings. The van der Waals surface area contributed by atoms with Gasteiger partial charge in [0.2, 0.25) is 0 Å². The molecule has 0 aliphatic rings. The van der Waals surface area contributed by atoms with E-state index in [1.54, 1.807) is 0 Å².